The van der Waals surface area contributed by atoms with Gasteiger partial charge in [0, 0.05) is 17.7 Å². The summed E-state index contributed by atoms with van der Waals surface area (Å²) in [5.41, 5.74) is 3.28. The highest BCUT2D eigenvalue weighted by Crippen LogP contribution is 2.23. The molecule has 0 saturated heterocycles. The van der Waals surface area contributed by atoms with Crippen LogP contribution in [0.2, 0.25) is 5.02 Å². The molecule has 0 unspecified atom stereocenters. The molecule has 1 aliphatic heterocycles. The van der Waals surface area contributed by atoms with Gasteiger partial charge in [0.1, 0.15) is 0 Å². The molecular weight excluding hydrogens is 343 g/mol. The number of carbonyl (C=O) groups is 1. The molecule has 1 aliphatic rings. The lowest BCUT2D eigenvalue weighted by Crippen LogP contribution is -2.28. The van der Waals surface area contributed by atoms with Crippen molar-refractivity contribution in [3.05, 3.63) is 64.2 Å². The van der Waals surface area contributed by atoms with Gasteiger partial charge >= 0.3 is 7.12 Å². The van der Waals surface area contributed by atoms with E-state index in [0.717, 1.165) is 23.5 Å². The number of carbonyl (C=O) groups excluding carboxylic acids is 1. The monoisotopic (exact) mass is 360 g/mol. The van der Waals surface area contributed by atoms with E-state index in [2.05, 4.69) is 12.1 Å². The number of fused-ring (bicyclic) bond motifs is 1. The van der Waals surface area contributed by atoms with Gasteiger partial charge in [-0.15, -0.1) is 0 Å². The molecular formula is C18H18BClO3S. The van der Waals surface area contributed by atoms with E-state index < -0.39 is 7.12 Å². The maximum absolute atomic E-state index is 12.4. The van der Waals surface area contributed by atoms with Crippen molar-refractivity contribution < 1.29 is 14.5 Å². The summed E-state index contributed by atoms with van der Waals surface area (Å²) in [6, 6.07) is 13.7. The first kappa shape index (κ1) is 17.6. The smallest absolute Gasteiger partial charge is 0.423 e. The van der Waals surface area contributed by atoms with E-state index in [4.69, 9.17) is 16.3 Å². The number of halogens is 1. The number of ketones is 1. The fraction of sp³-hybridized carbons (Fsp3) is 0.278. The molecule has 2 aromatic carbocycles. The molecule has 3 nitrogen and oxygen atoms in total. The topological polar surface area (TPSA) is 46.5 Å². The lowest BCUT2D eigenvalue weighted by Gasteiger charge is -2.07. The molecule has 0 aliphatic carbocycles. The third kappa shape index (κ3) is 4.22. The number of thioether (sulfide) groups is 1. The first-order chi connectivity index (χ1) is 11.6. The van der Waals surface area contributed by atoms with Gasteiger partial charge in [-0.1, -0.05) is 41.9 Å². The average molecular weight is 361 g/mol. The van der Waals surface area contributed by atoms with Crippen molar-refractivity contribution in [3.8, 4) is 0 Å². The minimum atomic E-state index is -0.953. The van der Waals surface area contributed by atoms with Crippen molar-refractivity contribution in [2.24, 2.45) is 0 Å². The maximum Gasteiger partial charge on any atom is 0.491 e. The second-order valence-electron chi connectivity index (χ2n) is 5.76. The van der Waals surface area contributed by atoms with E-state index in [0.29, 0.717) is 29.1 Å². The van der Waals surface area contributed by atoms with Crippen LogP contribution in [0.4, 0.5) is 0 Å². The number of hydrogen-bond acceptors (Lipinski definition) is 4. The van der Waals surface area contributed by atoms with Crippen molar-refractivity contribution in [3.63, 3.8) is 0 Å². The van der Waals surface area contributed by atoms with Gasteiger partial charge < -0.3 is 9.68 Å². The predicted molar refractivity (Wildman–Crippen MR) is 100 cm³/mol. The predicted octanol–water partition coefficient (Wildman–Crippen LogP) is 3.45. The van der Waals surface area contributed by atoms with Crippen LogP contribution in [0.15, 0.2) is 42.5 Å². The molecule has 0 aromatic heterocycles. The van der Waals surface area contributed by atoms with Crippen LogP contribution in [0, 0.1) is 0 Å². The highest BCUT2D eigenvalue weighted by atomic mass is 35.5. The summed E-state index contributed by atoms with van der Waals surface area (Å²) in [6.07, 6.45) is 1.26. The van der Waals surface area contributed by atoms with Crippen molar-refractivity contribution in [1.29, 1.82) is 0 Å². The van der Waals surface area contributed by atoms with Gasteiger partial charge in [0.15, 0.2) is 5.78 Å². The Morgan fingerprint density at radius 1 is 1.29 bits per heavy atom. The van der Waals surface area contributed by atoms with Crippen LogP contribution < -0.4 is 5.46 Å². The van der Waals surface area contributed by atoms with E-state index in [1.165, 1.54) is 5.56 Å². The lowest BCUT2D eigenvalue weighted by atomic mass is 9.78. The SMILES string of the molecule is O=C(CCCSCc1ccccc1)c1cc2c(cc1Cl)COB2O. The maximum atomic E-state index is 12.4. The summed E-state index contributed by atoms with van der Waals surface area (Å²) in [5, 5.41) is 10.2. The summed E-state index contributed by atoms with van der Waals surface area (Å²) in [6.45, 7) is 0.334. The molecule has 0 fully saturated rings. The van der Waals surface area contributed by atoms with E-state index in [1.807, 2.05) is 30.0 Å². The standard InChI is InChI=1S/C18H18BClO3S/c20-17-9-14-11-23-19(22)16(14)10-15(17)18(21)7-4-8-24-12-13-5-2-1-3-6-13/h1-3,5-6,9-10,22H,4,7-8,11-12H2. The Kier molecular flexibility index (Phi) is 6.01. The van der Waals surface area contributed by atoms with Crippen LogP contribution in [0.3, 0.4) is 0 Å². The van der Waals surface area contributed by atoms with Crippen LogP contribution in [0.25, 0.3) is 0 Å². The Bertz CT molecular complexity index is 724. The Hall–Kier alpha value is -1.27. The number of Topliss-reactive ketones (excluding diaryl/α,β-unsaturated/α-hetero) is 1. The zero-order valence-electron chi connectivity index (χ0n) is 13.2. The first-order valence-corrected chi connectivity index (χ1v) is 9.45. The second-order valence-corrected chi connectivity index (χ2v) is 7.27. The molecule has 0 radical (unpaired) electrons. The van der Waals surface area contributed by atoms with Gasteiger partial charge in [-0.25, -0.2) is 0 Å². The van der Waals surface area contributed by atoms with Gasteiger partial charge in [-0.2, -0.15) is 11.8 Å². The summed E-state index contributed by atoms with van der Waals surface area (Å²) in [4.78, 5) is 12.4. The van der Waals surface area contributed by atoms with Crippen molar-refractivity contribution >= 4 is 41.7 Å². The van der Waals surface area contributed by atoms with E-state index in [-0.39, 0.29) is 5.78 Å². The summed E-state index contributed by atoms with van der Waals surface area (Å²) < 4.78 is 5.15. The molecule has 0 amide bonds. The van der Waals surface area contributed by atoms with Gasteiger partial charge in [-0.05, 0) is 40.9 Å². The first-order valence-electron chi connectivity index (χ1n) is 7.92. The minimum absolute atomic E-state index is 0.0159. The number of rotatable bonds is 7. The summed E-state index contributed by atoms with van der Waals surface area (Å²) in [5.74, 6) is 1.90. The van der Waals surface area contributed by atoms with Gasteiger partial charge in [0.25, 0.3) is 0 Å². The minimum Gasteiger partial charge on any atom is -0.423 e. The highest BCUT2D eigenvalue weighted by molar-refractivity contribution is 7.98. The fourth-order valence-corrected chi connectivity index (χ4v) is 3.90. The van der Waals surface area contributed by atoms with Crippen LogP contribution in [-0.2, 0) is 17.0 Å². The zero-order valence-corrected chi connectivity index (χ0v) is 14.8. The molecule has 124 valence electrons. The molecule has 0 atom stereocenters. The average Bonchev–Trinajstić information content (AvgIpc) is 2.94. The van der Waals surface area contributed by atoms with Crippen LogP contribution in [0.1, 0.15) is 34.3 Å². The van der Waals surface area contributed by atoms with Crippen LogP contribution >= 0.6 is 23.4 Å². The Labute approximate surface area is 151 Å². The third-order valence-corrected chi connectivity index (χ3v) is 5.42. The summed E-state index contributed by atoms with van der Waals surface area (Å²) in [7, 11) is -0.953. The normalized spacial score (nSPS) is 13.2. The van der Waals surface area contributed by atoms with Crippen molar-refractivity contribution in [1.82, 2.24) is 0 Å². The Morgan fingerprint density at radius 3 is 2.88 bits per heavy atom. The van der Waals surface area contributed by atoms with E-state index in [1.54, 1.807) is 12.1 Å². The Balaban J connectivity index is 1.50. The van der Waals surface area contributed by atoms with Crippen LogP contribution in [0.5, 0.6) is 0 Å². The molecule has 1 N–H and O–H groups in total. The lowest BCUT2D eigenvalue weighted by molar-refractivity contribution is 0.0982. The van der Waals surface area contributed by atoms with Crippen molar-refractivity contribution in [2.75, 3.05) is 5.75 Å². The van der Waals surface area contributed by atoms with E-state index >= 15 is 0 Å². The highest BCUT2D eigenvalue weighted by Gasteiger charge is 2.29. The molecule has 6 heteroatoms. The number of benzene rings is 2. The third-order valence-electron chi connectivity index (χ3n) is 4.00. The largest absolute Gasteiger partial charge is 0.491 e. The van der Waals surface area contributed by atoms with Gasteiger partial charge in [-0.3, -0.25) is 4.79 Å². The molecule has 1 heterocycles. The van der Waals surface area contributed by atoms with Crippen molar-refractivity contribution in [2.45, 2.75) is 25.2 Å². The molecule has 0 spiro atoms. The molecule has 2 aromatic rings. The second kappa shape index (κ2) is 8.21. The Morgan fingerprint density at radius 2 is 2.08 bits per heavy atom. The fourth-order valence-electron chi connectivity index (χ4n) is 2.69. The van der Waals surface area contributed by atoms with Gasteiger partial charge in [0.2, 0.25) is 0 Å². The molecule has 24 heavy (non-hydrogen) atoms. The quantitative estimate of drug-likeness (QED) is 0.467. The zero-order chi connectivity index (χ0) is 16.9. The molecule has 0 bridgehead atoms. The molecule has 0 saturated carbocycles. The van der Waals surface area contributed by atoms with E-state index in [9.17, 15) is 9.82 Å². The van der Waals surface area contributed by atoms with Gasteiger partial charge in [0.05, 0.1) is 11.6 Å². The number of hydrogen-bond donors (Lipinski definition) is 1. The molecule has 3 rings (SSSR count). The van der Waals surface area contributed by atoms with Crippen LogP contribution in [-0.4, -0.2) is 23.7 Å². The summed E-state index contributed by atoms with van der Waals surface area (Å²) >= 11 is 8.03.